The second kappa shape index (κ2) is 5.79. The molecule has 1 rings (SSSR count). The van der Waals surface area contributed by atoms with E-state index in [1.54, 1.807) is 0 Å². The average Bonchev–Trinajstić information content (AvgIpc) is 2.08. The summed E-state index contributed by atoms with van der Waals surface area (Å²) in [6.07, 6.45) is 0. The zero-order valence-corrected chi connectivity index (χ0v) is 11.5. The Hall–Kier alpha value is 0.0200. The molecule has 0 aliphatic heterocycles. The van der Waals surface area contributed by atoms with Gasteiger partial charge in [-0.1, -0.05) is 0 Å². The molecule has 1 aromatic carbocycles. The molecule has 0 saturated heterocycles. The van der Waals surface area contributed by atoms with Crippen molar-refractivity contribution in [2.45, 2.75) is 0 Å². The number of benzene rings is 1. The number of hydrogen-bond donors (Lipinski definition) is 2. The maximum absolute atomic E-state index is 10.5. The Labute approximate surface area is 120 Å². The van der Waals surface area contributed by atoms with Gasteiger partial charge < -0.3 is 10.2 Å². The number of phenols is 2. The smallest absolute Gasteiger partial charge is 0.501 e. The van der Waals surface area contributed by atoms with Crippen molar-refractivity contribution in [2.24, 2.45) is 0 Å². The maximum Gasteiger partial charge on any atom is 1.00 e. The van der Waals surface area contributed by atoms with Crippen molar-refractivity contribution < 1.29 is 69.3 Å². The van der Waals surface area contributed by atoms with Crippen LogP contribution in [0.25, 0.3) is 0 Å². The fraction of sp³-hybridized carbons (Fsp3) is 0. The predicted molar refractivity (Wildman–Crippen MR) is 37.2 cm³/mol. The van der Waals surface area contributed by atoms with Gasteiger partial charge in [0.1, 0.15) is 0 Å². The van der Waals surface area contributed by atoms with Gasteiger partial charge in [0.2, 0.25) is 11.5 Å². The van der Waals surface area contributed by atoms with Crippen LogP contribution in [0.1, 0.15) is 0 Å². The van der Waals surface area contributed by atoms with Gasteiger partial charge in [-0.05, 0) is 0 Å². The van der Waals surface area contributed by atoms with Crippen LogP contribution in [0.5, 0.6) is 11.5 Å². The summed E-state index contributed by atoms with van der Waals surface area (Å²) in [5.41, 5.74) is -6.38. The summed E-state index contributed by atoms with van der Waals surface area (Å²) >= 11 is 0. The first kappa shape index (κ1) is 16.4. The zero-order valence-electron chi connectivity index (χ0n) is 7.53. The van der Waals surface area contributed by atoms with E-state index in [2.05, 4.69) is 0 Å². The van der Waals surface area contributed by atoms with Gasteiger partial charge in [-0.3, -0.25) is 19.2 Å². The number of phenolic OH excluding ortho intramolecular Hbond substituents is 2. The molecule has 1 aromatic rings. The first-order valence-electron chi connectivity index (χ1n) is 2.76. The maximum atomic E-state index is 10.5. The zero-order chi connectivity index (χ0) is 9.46. The van der Waals surface area contributed by atoms with E-state index in [-0.39, 0.29) is 59.1 Å². The van der Waals surface area contributed by atoms with Crippen molar-refractivity contribution in [1.29, 1.82) is 0 Å². The Bertz CT molecular complexity index is 478. The average molecular weight is 216 g/mol. The van der Waals surface area contributed by atoms with E-state index in [9.17, 15) is 19.2 Å². The van der Waals surface area contributed by atoms with Crippen LogP contribution in [0, 0.1) is 0 Å². The standard InChI is InChI=1S/C6H2O6.2Na/c7-1-2(8)4(10)6(12)5(11)3(1)9;;/h7-8H;;/q;2*+1. The van der Waals surface area contributed by atoms with E-state index in [4.69, 9.17) is 10.2 Å². The van der Waals surface area contributed by atoms with Gasteiger partial charge in [-0.15, -0.1) is 0 Å². The van der Waals surface area contributed by atoms with Crippen LogP contribution < -0.4 is 80.8 Å². The fourth-order valence-electron chi connectivity index (χ4n) is 0.636. The Morgan fingerprint density at radius 1 is 0.571 bits per heavy atom. The minimum atomic E-state index is -1.63. The molecule has 2 N–H and O–H groups in total. The van der Waals surface area contributed by atoms with Crippen LogP contribution in [-0.4, -0.2) is 10.2 Å². The summed E-state index contributed by atoms with van der Waals surface area (Å²) in [6, 6.07) is 0. The molecule has 0 atom stereocenters. The van der Waals surface area contributed by atoms with Crippen molar-refractivity contribution in [3.63, 3.8) is 0 Å². The van der Waals surface area contributed by atoms with E-state index in [1.165, 1.54) is 0 Å². The van der Waals surface area contributed by atoms with Crippen LogP contribution in [-0.2, 0) is 0 Å². The molecule has 0 bridgehead atoms. The molecular formula is C6H2Na2O6+2. The first-order chi connectivity index (χ1) is 5.46. The molecule has 0 aliphatic rings. The van der Waals surface area contributed by atoms with Crippen LogP contribution in [0.4, 0.5) is 0 Å². The summed E-state index contributed by atoms with van der Waals surface area (Å²) in [7, 11) is 0. The SMILES string of the molecule is O=c1c(O)c(O)c(=O)c(=O)c1=O.[Na+].[Na+]. The van der Waals surface area contributed by atoms with Gasteiger partial charge >= 0.3 is 59.1 Å². The Balaban J connectivity index is 0. The van der Waals surface area contributed by atoms with Crippen molar-refractivity contribution >= 4 is 0 Å². The summed E-state index contributed by atoms with van der Waals surface area (Å²) in [6.45, 7) is 0. The summed E-state index contributed by atoms with van der Waals surface area (Å²) in [5, 5.41) is 17.2. The van der Waals surface area contributed by atoms with Crippen molar-refractivity contribution in [3.8, 4) is 11.5 Å². The molecule has 0 unspecified atom stereocenters. The Morgan fingerprint density at radius 3 is 1.00 bits per heavy atom. The van der Waals surface area contributed by atoms with Crippen LogP contribution in [0.2, 0.25) is 0 Å². The van der Waals surface area contributed by atoms with Crippen molar-refractivity contribution in [1.82, 2.24) is 0 Å². The number of aromatic hydroxyl groups is 2. The van der Waals surface area contributed by atoms with E-state index in [0.29, 0.717) is 0 Å². The van der Waals surface area contributed by atoms with Gasteiger partial charge in [0.25, 0.3) is 21.7 Å². The van der Waals surface area contributed by atoms with E-state index >= 15 is 0 Å². The second-order valence-corrected chi connectivity index (χ2v) is 2.01. The molecule has 0 amide bonds. The predicted octanol–water partition coefficient (Wildman–Crippen LogP) is -8.58. The fourth-order valence-corrected chi connectivity index (χ4v) is 0.636. The van der Waals surface area contributed by atoms with Crippen LogP contribution in [0.15, 0.2) is 19.2 Å². The van der Waals surface area contributed by atoms with E-state index in [0.717, 1.165) is 0 Å². The number of rotatable bonds is 0. The van der Waals surface area contributed by atoms with Gasteiger partial charge in [-0.25, -0.2) is 0 Å². The summed E-state index contributed by atoms with van der Waals surface area (Å²) < 4.78 is 0. The third kappa shape index (κ3) is 2.53. The normalized spacial score (nSPS) is 8.57. The monoisotopic (exact) mass is 216 g/mol. The third-order valence-corrected chi connectivity index (χ3v) is 1.27. The number of hydrogen-bond acceptors (Lipinski definition) is 6. The van der Waals surface area contributed by atoms with Crippen molar-refractivity contribution in [2.75, 3.05) is 0 Å². The van der Waals surface area contributed by atoms with Gasteiger partial charge in [0.05, 0.1) is 0 Å². The van der Waals surface area contributed by atoms with E-state index < -0.39 is 33.2 Å². The molecule has 62 valence electrons. The molecule has 0 heterocycles. The topological polar surface area (TPSA) is 109 Å². The minimum absolute atomic E-state index is 0. The molecule has 0 fully saturated rings. The molecular weight excluding hydrogens is 214 g/mol. The molecule has 6 nitrogen and oxygen atoms in total. The van der Waals surface area contributed by atoms with Crippen LogP contribution in [0.3, 0.4) is 0 Å². The molecule has 0 radical (unpaired) electrons. The summed E-state index contributed by atoms with van der Waals surface area (Å²) in [4.78, 5) is 41.9. The molecule has 0 aliphatic carbocycles. The largest absolute Gasteiger partial charge is 1.00 e. The van der Waals surface area contributed by atoms with Crippen molar-refractivity contribution in [3.05, 3.63) is 40.9 Å². The molecule has 0 spiro atoms. The first-order valence-corrected chi connectivity index (χ1v) is 2.76. The summed E-state index contributed by atoms with van der Waals surface area (Å²) in [5.74, 6) is -2.74. The quantitative estimate of drug-likeness (QED) is 0.253. The third-order valence-electron chi connectivity index (χ3n) is 1.27. The molecule has 0 aromatic heterocycles. The van der Waals surface area contributed by atoms with Gasteiger partial charge in [-0.2, -0.15) is 0 Å². The second-order valence-electron chi connectivity index (χ2n) is 2.01. The minimum Gasteiger partial charge on any atom is -0.501 e. The molecule has 14 heavy (non-hydrogen) atoms. The van der Waals surface area contributed by atoms with E-state index in [1.807, 2.05) is 0 Å². The molecule has 0 saturated carbocycles. The van der Waals surface area contributed by atoms with Gasteiger partial charge in [0.15, 0.2) is 0 Å². The van der Waals surface area contributed by atoms with Crippen LogP contribution >= 0.6 is 0 Å². The Morgan fingerprint density at radius 2 is 0.786 bits per heavy atom. The molecule has 8 heteroatoms. The Kier molecular flexibility index (Phi) is 6.81. The van der Waals surface area contributed by atoms with Gasteiger partial charge in [0, 0.05) is 0 Å².